The van der Waals surface area contributed by atoms with Gasteiger partial charge in [0.1, 0.15) is 23.5 Å². The first-order valence-electron chi connectivity index (χ1n) is 10.8. The van der Waals surface area contributed by atoms with E-state index in [1.54, 1.807) is 13.8 Å². The SMILES string of the molecule is C[C@H](c1ncc(Cl)cn1)[C@H](C)S(=O)(=O)Cc1nnc([C@@H]2COCCO2)n1C1CCOCC1. The molecule has 3 atom stereocenters. The van der Waals surface area contributed by atoms with Gasteiger partial charge in [0.15, 0.2) is 15.7 Å². The molecule has 4 heterocycles. The van der Waals surface area contributed by atoms with Crippen molar-refractivity contribution in [3.8, 4) is 0 Å². The standard InChI is InChI=1S/C20H28ClN5O5S/c1-13(19-22-9-15(21)10-23-19)14(2)32(27,28)12-18-24-25-20(17-11-30-7-8-31-17)26(18)16-3-5-29-6-4-16/h9-10,13-14,16-17H,3-8,11-12H2,1-2H3/t13-,14-,17-/m0/s1. The Bertz CT molecular complexity index is 1000. The maximum absolute atomic E-state index is 13.4. The normalized spacial score (nSPS) is 22.5. The molecule has 2 aromatic rings. The average molecular weight is 486 g/mol. The third kappa shape index (κ3) is 5.12. The van der Waals surface area contributed by atoms with Gasteiger partial charge in [0.2, 0.25) is 0 Å². The Morgan fingerprint density at radius 2 is 1.81 bits per heavy atom. The number of nitrogens with zero attached hydrogens (tertiary/aromatic N) is 5. The fourth-order valence-electron chi connectivity index (χ4n) is 4.02. The summed E-state index contributed by atoms with van der Waals surface area (Å²) in [5.74, 6) is 0.820. The van der Waals surface area contributed by atoms with Gasteiger partial charge >= 0.3 is 0 Å². The molecule has 0 bridgehead atoms. The molecule has 2 fully saturated rings. The lowest BCUT2D eigenvalue weighted by molar-refractivity contribution is -0.0957. The summed E-state index contributed by atoms with van der Waals surface area (Å²) in [4.78, 5) is 8.38. The second kappa shape index (κ2) is 10.1. The lowest BCUT2D eigenvalue weighted by Crippen LogP contribution is -2.31. The highest BCUT2D eigenvalue weighted by atomic mass is 35.5. The van der Waals surface area contributed by atoms with Gasteiger partial charge in [-0.2, -0.15) is 0 Å². The molecule has 0 N–H and O–H groups in total. The van der Waals surface area contributed by atoms with E-state index >= 15 is 0 Å². The zero-order chi connectivity index (χ0) is 22.7. The summed E-state index contributed by atoms with van der Waals surface area (Å²) >= 11 is 5.86. The van der Waals surface area contributed by atoms with Gasteiger partial charge in [0, 0.05) is 37.6 Å². The van der Waals surface area contributed by atoms with Gasteiger partial charge in [0.25, 0.3) is 0 Å². The molecule has 0 saturated carbocycles. The number of hydrogen-bond acceptors (Lipinski definition) is 9. The predicted octanol–water partition coefficient (Wildman–Crippen LogP) is 2.27. The van der Waals surface area contributed by atoms with Crippen LogP contribution in [0.3, 0.4) is 0 Å². The zero-order valence-electron chi connectivity index (χ0n) is 18.2. The first-order valence-corrected chi connectivity index (χ1v) is 12.9. The summed E-state index contributed by atoms with van der Waals surface area (Å²) in [7, 11) is -3.59. The van der Waals surface area contributed by atoms with E-state index in [1.807, 2.05) is 4.57 Å². The fourth-order valence-corrected chi connectivity index (χ4v) is 5.68. The molecule has 4 rings (SSSR count). The van der Waals surface area contributed by atoms with E-state index in [1.165, 1.54) is 12.4 Å². The molecule has 2 aliphatic rings. The summed E-state index contributed by atoms with van der Waals surface area (Å²) in [5, 5.41) is 8.31. The Balaban J connectivity index is 1.60. The molecule has 176 valence electrons. The van der Waals surface area contributed by atoms with Crippen molar-refractivity contribution >= 4 is 21.4 Å². The van der Waals surface area contributed by atoms with E-state index < -0.39 is 21.0 Å². The molecular weight excluding hydrogens is 458 g/mol. The Labute approximate surface area is 192 Å². The van der Waals surface area contributed by atoms with Crippen LogP contribution >= 0.6 is 11.6 Å². The molecule has 0 unspecified atom stereocenters. The number of sulfone groups is 1. The zero-order valence-corrected chi connectivity index (χ0v) is 19.8. The summed E-state index contributed by atoms with van der Waals surface area (Å²) in [6.45, 7) is 6.06. The van der Waals surface area contributed by atoms with Crippen molar-refractivity contribution in [3.05, 3.63) is 34.9 Å². The smallest absolute Gasteiger partial charge is 0.164 e. The van der Waals surface area contributed by atoms with Gasteiger partial charge in [-0.3, -0.25) is 0 Å². The van der Waals surface area contributed by atoms with E-state index in [-0.39, 0.29) is 17.9 Å². The van der Waals surface area contributed by atoms with Crippen LogP contribution in [0.15, 0.2) is 12.4 Å². The lowest BCUT2D eigenvalue weighted by Gasteiger charge is -2.29. The molecule has 2 saturated heterocycles. The van der Waals surface area contributed by atoms with Crippen LogP contribution in [0.4, 0.5) is 0 Å². The van der Waals surface area contributed by atoms with Gasteiger partial charge in [-0.1, -0.05) is 18.5 Å². The highest BCUT2D eigenvalue weighted by molar-refractivity contribution is 7.91. The second-order valence-corrected chi connectivity index (χ2v) is 11.0. The molecule has 32 heavy (non-hydrogen) atoms. The van der Waals surface area contributed by atoms with Crippen LogP contribution in [0.25, 0.3) is 0 Å². The Kier molecular flexibility index (Phi) is 7.40. The van der Waals surface area contributed by atoms with E-state index in [4.69, 9.17) is 25.8 Å². The first kappa shape index (κ1) is 23.5. The van der Waals surface area contributed by atoms with Gasteiger partial charge in [0.05, 0.1) is 30.1 Å². The molecule has 0 aliphatic carbocycles. The van der Waals surface area contributed by atoms with Crippen molar-refractivity contribution < 1.29 is 22.6 Å². The third-order valence-corrected chi connectivity index (χ3v) is 8.50. The van der Waals surface area contributed by atoms with Crippen LogP contribution in [0.5, 0.6) is 0 Å². The van der Waals surface area contributed by atoms with Crippen LogP contribution in [-0.4, -0.2) is 71.4 Å². The van der Waals surface area contributed by atoms with E-state index in [0.717, 1.165) is 12.8 Å². The summed E-state index contributed by atoms with van der Waals surface area (Å²) in [6, 6.07) is 0.0526. The van der Waals surface area contributed by atoms with E-state index in [9.17, 15) is 8.42 Å². The maximum atomic E-state index is 13.4. The van der Waals surface area contributed by atoms with Crippen LogP contribution in [0.1, 0.15) is 62.2 Å². The third-order valence-electron chi connectivity index (χ3n) is 6.10. The molecular formula is C20H28ClN5O5S. The van der Waals surface area contributed by atoms with Crippen LogP contribution in [0, 0.1) is 0 Å². The summed E-state index contributed by atoms with van der Waals surface area (Å²) in [6.07, 6.45) is 4.10. The molecule has 0 amide bonds. The number of halogens is 1. The van der Waals surface area contributed by atoms with Crippen LogP contribution in [0.2, 0.25) is 5.02 Å². The molecule has 0 radical (unpaired) electrons. The van der Waals surface area contributed by atoms with Crippen molar-refractivity contribution in [2.75, 3.05) is 33.0 Å². The molecule has 12 heteroatoms. The Hall–Kier alpha value is -1.66. The first-order chi connectivity index (χ1) is 15.4. The highest BCUT2D eigenvalue weighted by Crippen LogP contribution is 2.31. The van der Waals surface area contributed by atoms with Crippen molar-refractivity contribution in [3.63, 3.8) is 0 Å². The van der Waals surface area contributed by atoms with Crippen LogP contribution in [-0.2, 0) is 29.8 Å². The molecule has 0 aromatic carbocycles. The van der Waals surface area contributed by atoms with Gasteiger partial charge in [-0.05, 0) is 19.8 Å². The molecule has 2 aromatic heterocycles. The number of hydrogen-bond donors (Lipinski definition) is 0. The monoisotopic (exact) mass is 485 g/mol. The topological polar surface area (TPSA) is 118 Å². The Morgan fingerprint density at radius 3 is 2.47 bits per heavy atom. The average Bonchev–Trinajstić information content (AvgIpc) is 3.22. The van der Waals surface area contributed by atoms with Crippen LogP contribution < -0.4 is 0 Å². The minimum atomic E-state index is -3.59. The number of ether oxygens (including phenoxy) is 3. The molecule has 2 aliphatic heterocycles. The minimum Gasteiger partial charge on any atom is -0.381 e. The van der Waals surface area contributed by atoms with E-state index in [2.05, 4.69) is 20.2 Å². The predicted molar refractivity (Wildman–Crippen MR) is 116 cm³/mol. The number of aromatic nitrogens is 5. The second-order valence-electron chi connectivity index (χ2n) is 8.18. The summed E-state index contributed by atoms with van der Waals surface area (Å²) < 4.78 is 45.5. The van der Waals surface area contributed by atoms with Crippen molar-refractivity contribution in [2.45, 2.75) is 55.8 Å². The lowest BCUT2D eigenvalue weighted by atomic mass is 10.1. The number of rotatable bonds is 7. The minimum absolute atomic E-state index is 0.0526. The van der Waals surface area contributed by atoms with Gasteiger partial charge in [-0.15, -0.1) is 10.2 Å². The maximum Gasteiger partial charge on any atom is 0.164 e. The molecule has 0 spiro atoms. The highest BCUT2D eigenvalue weighted by Gasteiger charge is 2.34. The van der Waals surface area contributed by atoms with Gasteiger partial charge < -0.3 is 18.8 Å². The fraction of sp³-hybridized carbons (Fsp3) is 0.700. The quantitative estimate of drug-likeness (QED) is 0.581. The Morgan fingerprint density at radius 1 is 1.09 bits per heavy atom. The van der Waals surface area contributed by atoms with Gasteiger partial charge in [-0.25, -0.2) is 18.4 Å². The van der Waals surface area contributed by atoms with Crippen molar-refractivity contribution in [1.82, 2.24) is 24.7 Å². The summed E-state index contributed by atoms with van der Waals surface area (Å²) in [5.41, 5.74) is 0. The van der Waals surface area contributed by atoms with Crippen molar-refractivity contribution in [2.24, 2.45) is 0 Å². The van der Waals surface area contributed by atoms with E-state index in [0.29, 0.717) is 55.5 Å². The molecule has 10 nitrogen and oxygen atoms in total. The largest absolute Gasteiger partial charge is 0.381 e. The van der Waals surface area contributed by atoms with Crippen molar-refractivity contribution in [1.29, 1.82) is 0 Å².